The monoisotopic (exact) mass is 420 g/mol. The van der Waals surface area contributed by atoms with Gasteiger partial charge in [-0.1, -0.05) is 25.1 Å². The van der Waals surface area contributed by atoms with Crippen molar-refractivity contribution in [2.45, 2.75) is 25.6 Å². The smallest absolute Gasteiger partial charge is 0.250 e. The standard InChI is InChI=1S/C24H24N2O3S/c1-4-24(28-3,23-25-12-13-30-23)19-6-5-7-20(15-19)29-16-17-8-10-21-18(14-17)9-11-22(27)26(21)2/h5-15H,4,16H2,1-3H3. The highest BCUT2D eigenvalue weighted by Gasteiger charge is 2.35. The lowest BCUT2D eigenvalue weighted by Gasteiger charge is -2.30. The number of fused-ring (bicyclic) bond motifs is 1. The number of aryl methyl sites for hydroxylation is 1. The number of hydrogen-bond acceptors (Lipinski definition) is 5. The van der Waals surface area contributed by atoms with E-state index in [2.05, 4.69) is 24.0 Å². The zero-order valence-corrected chi connectivity index (χ0v) is 18.1. The fourth-order valence-corrected chi connectivity index (χ4v) is 4.69. The summed E-state index contributed by atoms with van der Waals surface area (Å²) in [4.78, 5) is 16.3. The van der Waals surface area contributed by atoms with E-state index in [1.807, 2.05) is 41.8 Å². The Balaban J connectivity index is 1.59. The zero-order valence-electron chi connectivity index (χ0n) is 17.3. The Morgan fingerprint density at radius 1 is 1.13 bits per heavy atom. The first-order chi connectivity index (χ1) is 14.6. The van der Waals surface area contributed by atoms with Crippen LogP contribution in [0.2, 0.25) is 0 Å². The predicted molar refractivity (Wildman–Crippen MR) is 120 cm³/mol. The van der Waals surface area contributed by atoms with Crippen molar-refractivity contribution >= 4 is 22.2 Å². The largest absolute Gasteiger partial charge is 0.489 e. The van der Waals surface area contributed by atoms with Crippen LogP contribution < -0.4 is 10.3 Å². The number of pyridine rings is 1. The average molecular weight is 421 g/mol. The zero-order chi connectivity index (χ0) is 21.1. The number of benzene rings is 2. The van der Waals surface area contributed by atoms with E-state index in [-0.39, 0.29) is 5.56 Å². The van der Waals surface area contributed by atoms with E-state index in [0.29, 0.717) is 6.61 Å². The van der Waals surface area contributed by atoms with Gasteiger partial charge in [-0.3, -0.25) is 4.79 Å². The molecule has 2 aromatic heterocycles. The van der Waals surface area contributed by atoms with E-state index in [1.165, 1.54) is 0 Å². The quantitative estimate of drug-likeness (QED) is 0.428. The maximum absolute atomic E-state index is 11.8. The molecule has 2 heterocycles. The molecule has 0 saturated carbocycles. The molecule has 0 amide bonds. The Labute approximate surface area is 179 Å². The lowest BCUT2D eigenvalue weighted by molar-refractivity contribution is 0.0182. The summed E-state index contributed by atoms with van der Waals surface area (Å²) in [7, 11) is 3.51. The summed E-state index contributed by atoms with van der Waals surface area (Å²) in [6.45, 7) is 2.53. The number of aromatic nitrogens is 2. The van der Waals surface area contributed by atoms with Crippen LogP contribution in [0.25, 0.3) is 10.9 Å². The van der Waals surface area contributed by atoms with Gasteiger partial charge in [0.2, 0.25) is 0 Å². The molecule has 0 saturated heterocycles. The molecule has 4 aromatic rings. The summed E-state index contributed by atoms with van der Waals surface area (Å²) in [5.74, 6) is 0.777. The molecule has 1 unspecified atom stereocenters. The van der Waals surface area contributed by atoms with Crippen molar-refractivity contribution in [1.29, 1.82) is 0 Å². The van der Waals surface area contributed by atoms with Crippen LogP contribution in [0, 0.1) is 0 Å². The van der Waals surface area contributed by atoms with Crippen LogP contribution in [0.1, 0.15) is 29.5 Å². The minimum Gasteiger partial charge on any atom is -0.489 e. The Morgan fingerprint density at radius 3 is 2.73 bits per heavy atom. The van der Waals surface area contributed by atoms with Gasteiger partial charge >= 0.3 is 0 Å². The van der Waals surface area contributed by atoms with Crippen molar-refractivity contribution in [1.82, 2.24) is 9.55 Å². The summed E-state index contributed by atoms with van der Waals surface area (Å²) in [6.07, 6.45) is 2.57. The minimum absolute atomic E-state index is 0.0129. The molecule has 2 aromatic carbocycles. The van der Waals surface area contributed by atoms with Gasteiger partial charge in [-0.15, -0.1) is 11.3 Å². The first kappa shape index (κ1) is 20.3. The van der Waals surface area contributed by atoms with Crippen molar-refractivity contribution < 1.29 is 9.47 Å². The topological polar surface area (TPSA) is 53.4 Å². The molecule has 0 aliphatic rings. The van der Waals surface area contributed by atoms with Gasteiger partial charge in [-0.05, 0) is 53.3 Å². The first-order valence-electron chi connectivity index (χ1n) is 9.84. The van der Waals surface area contributed by atoms with Crippen LogP contribution in [0.4, 0.5) is 0 Å². The van der Waals surface area contributed by atoms with Gasteiger partial charge in [0.25, 0.3) is 5.56 Å². The second-order valence-corrected chi connectivity index (χ2v) is 8.06. The average Bonchev–Trinajstić information content (AvgIpc) is 3.32. The van der Waals surface area contributed by atoms with Crippen LogP contribution >= 0.6 is 11.3 Å². The van der Waals surface area contributed by atoms with Crippen LogP contribution in [-0.2, 0) is 24.0 Å². The number of thiazole rings is 1. The van der Waals surface area contributed by atoms with Gasteiger partial charge in [0, 0.05) is 31.8 Å². The molecule has 0 aliphatic carbocycles. The van der Waals surface area contributed by atoms with E-state index in [0.717, 1.165) is 39.2 Å². The molecule has 0 radical (unpaired) electrons. The maximum Gasteiger partial charge on any atom is 0.250 e. The predicted octanol–water partition coefficient (Wildman–Crippen LogP) is 4.87. The van der Waals surface area contributed by atoms with E-state index in [9.17, 15) is 4.79 Å². The molecule has 4 rings (SSSR count). The van der Waals surface area contributed by atoms with Crippen molar-refractivity contribution in [3.05, 3.63) is 92.7 Å². The highest BCUT2D eigenvalue weighted by molar-refractivity contribution is 7.09. The molecule has 0 spiro atoms. The summed E-state index contributed by atoms with van der Waals surface area (Å²) in [6, 6.07) is 17.5. The SMILES string of the molecule is CCC(OC)(c1cccc(OCc2ccc3c(ccc(=O)n3C)c2)c1)c1nccs1. The van der Waals surface area contributed by atoms with Crippen molar-refractivity contribution in [3.8, 4) is 5.75 Å². The third kappa shape index (κ3) is 3.64. The molecule has 0 N–H and O–H groups in total. The Morgan fingerprint density at radius 2 is 2.00 bits per heavy atom. The molecule has 5 nitrogen and oxygen atoms in total. The van der Waals surface area contributed by atoms with Crippen LogP contribution in [0.3, 0.4) is 0 Å². The summed E-state index contributed by atoms with van der Waals surface area (Å²) in [5.41, 5.74) is 2.38. The van der Waals surface area contributed by atoms with Gasteiger partial charge in [-0.25, -0.2) is 4.98 Å². The highest BCUT2D eigenvalue weighted by Crippen LogP contribution is 2.38. The minimum atomic E-state index is -0.582. The van der Waals surface area contributed by atoms with E-state index in [1.54, 1.807) is 42.3 Å². The normalized spacial score (nSPS) is 13.3. The van der Waals surface area contributed by atoms with Gasteiger partial charge in [0.05, 0.1) is 5.52 Å². The lowest BCUT2D eigenvalue weighted by Crippen LogP contribution is -2.29. The number of methoxy groups -OCH3 is 1. The summed E-state index contributed by atoms with van der Waals surface area (Å²) in [5, 5.41) is 3.92. The number of hydrogen-bond donors (Lipinski definition) is 0. The molecule has 154 valence electrons. The van der Waals surface area contributed by atoms with Gasteiger partial charge < -0.3 is 14.0 Å². The summed E-state index contributed by atoms with van der Waals surface area (Å²) < 4.78 is 13.7. The van der Waals surface area contributed by atoms with Crippen molar-refractivity contribution in [2.24, 2.45) is 7.05 Å². The Hall–Kier alpha value is -2.96. The molecule has 0 bridgehead atoms. The maximum atomic E-state index is 11.8. The fraction of sp³-hybridized carbons (Fsp3) is 0.250. The van der Waals surface area contributed by atoms with Crippen LogP contribution in [0.15, 0.2) is 71.0 Å². The third-order valence-electron chi connectivity index (χ3n) is 5.52. The second-order valence-electron chi connectivity index (χ2n) is 7.16. The second kappa shape index (κ2) is 8.42. The first-order valence-corrected chi connectivity index (χ1v) is 10.7. The Kier molecular flexibility index (Phi) is 5.70. The van der Waals surface area contributed by atoms with Crippen LogP contribution in [0.5, 0.6) is 5.75 Å². The Bertz CT molecular complexity index is 1210. The fourth-order valence-electron chi connectivity index (χ4n) is 3.78. The van der Waals surface area contributed by atoms with Gasteiger partial charge in [-0.2, -0.15) is 0 Å². The molecule has 0 aliphatic heterocycles. The molecular weight excluding hydrogens is 396 g/mol. The van der Waals surface area contributed by atoms with Crippen molar-refractivity contribution in [3.63, 3.8) is 0 Å². The third-order valence-corrected chi connectivity index (χ3v) is 6.44. The number of rotatable bonds is 7. The van der Waals surface area contributed by atoms with E-state index >= 15 is 0 Å². The molecule has 6 heteroatoms. The molecule has 1 atom stereocenters. The molecule has 0 fully saturated rings. The van der Waals surface area contributed by atoms with Gasteiger partial charge in [0.15, 0.2) is 0 Å². The molecule has 30 heavy (non-hydrogen) atoms. The number of ether oxygens (including phenoxy) is 2. The van der Waals surface area contributed by atoms with Crippen LogP contribution in [-0.4, -0.2) is 16.7 Å². The van der Waals surface area contributed by atoms with Gasteiger partial charge in [0.1, 0.15) is 23.0 Å². The van der Waals surface area contributed by atoms with E-state index < -0.39 is 5.60 Å². The lowest BCUT2D eigenvalue weighted by atomic mass is 9.91. The molecular formula is C24H24N2O3S. The highest BCUT2D eigenvalue weighted by atomic mass is 32.1. The number of nitrogens with zero attached hydrogens (tertiary/aromatic N) is 2. The van der Waals surface area contributed by atoms with E-state index in [4.69, 9.17) is 9.47 Å². The summed E-state index contributed by atoms with van der Waals surface area (Å²) >= 11 is 1.59. The van der Waals surface area contributed by atoms with Crippen molar-refractivity contribution in [2.75, 3.05) is 7.11 Å².